The Morgan fingerprint density at radius 1 is 1.12 bits per heavy atom. The van der Waals surface area contributed by atoms with Gasteiger partial charge in [0.15, 0.2) is 0 Å². The number of rotatable bonds is 7. The Morgan fingerprint density at radius 3 is 2.19 bits per heavy atom. The molecule has 1 aromatic carbocycles. The Labute approximate surface area is 157 Å². The Hall–Kier alpha value is -1.44. The molecular weight excluding hydrogens is 350 g/mol. The largest absolute Gasteiger partial charge is 0.352 e. The molecule has 1 aliphatic heterocycles. The number of amides is 1. The molecule has 0 radical (unpaired) electrons. The minimum atomic E-state index is -3.46. The van der Waals surface area contributed by atoms with Crippen LogP contribution < -0.4 is 5.32 Å². The van der Waals surface area contributed by atoms with Gasteiger partial charge in [0, 0.05) is 32.2 Å². The van der Waals surface area contributed by atoms with Crippen molar-refractivity contribution in [1.29, 1.82) is 0 Å². The second-order valence-electron chi connectivity index (χ2n) is 7.32. The van der Waals surface area contributed by atoms with Gasteiger partial charge in [0.1, 0.15) is 0 Å². The SMILES string of the molecule is CCC(NC(=O)CN1CCN(S(=O)(=O)c2ccc(C)cc2)CC1)C(C)C. The third kappa shape index (κ3) is 5.28. The molecule has 0 spiro atoms. The minimum absolute atomic E-state index is 0.0143. The number of carbonyl (C=O) groups is 1. The summed E-state index contributed by atoms with van der Waals surface area (Å²) in [6.07, 6.45) is 0.909. The first kappa shape index (κ1) is 20.9. The van der Waals surface area contributed by atoms with E-state index in [4.69, 9.17) is 0 Å². The lowest BCUT2D eigenvalue weighted by molar-refractivity contribution is -0.123. The summed E-state index contributed by atoms with van der Waals surface area (Å²) in [5.41, 5.74) is 1.03. The fourth-order valence-corrected chi connectivity index (χ4v) is 4.61. The Morgan fingerprint density at radius 2 is 1.69 bits per heavy atom. The number of piperazine rings is 1. The molecule has 0 aromatic heterocycles. The lowest BCUT2D eigenvalue weighted by atomic mass is 10.0. The third-order valence-corrected chi connectivity index (χ3v) is 6.86. The standard InChI is InChI=1S/C19H31N3O3S/c1-5-18(15(2)3)20-19(23)14-21-10-12-22(13-11-21)26(24,25)17-8-6-16(4)7-9-17/h6-9,15,18H,5,10-14H2,1-4H3,(H,20,23). The first-order valence-electron chi connectivity index (χ1n) is 9.32. The molecule has 1 aromatic rings. The van der Waals surface area contributed by atoms with E-state index in [1.807, 2.05) is 24.0 Å². The Balaban J connectivity index is 1.88. The Kier molecular flexibility index (Phi) is 7.20. The highest BCUT2D eigenvalue weighted by Crippen LogP contribution is 2.18. The van der Waals surface area contributed by atoms with Crippen molar-refractivity contribution in [3.63, 3.8) is 0 Å². The van der Waals surface area contributed by atoms with Crippen LogP contribution in [-0.2, 0) is 14.8 Å². The van der Waals surface area contributed by atoms with Crippen molar-refractivity contribution < 1.29 is 13.2 Å². The number of nitrogens with one attached hydrogen (secondary N) is 1. The maximum Gasteiger partial charge on any atom is 0.243 e. The van der Waals surface area contributed by atoms with Crippen LogP contribution in [-0.4, -0.2) is 62.3 Å². The van der Waals surface area contributed by atoms with Gasteiger partial charge in [-0.3, -0.25) is 9.69 Å². The van der Waals surface area contributed by atoms with Gasteiger partial charge in [-0.25, -0.2) is 8.42 Å². The van der Waals surface area contributed by atoms with Crippen LogP contribution in [0.5, 0.6) is 0 Å². The fourth-order valence-electron chi connectivity index (χ4n) is 3.18. The lowest BCUT2D eigenvalue weighted by Crippen LogP contribution is -2.52. The predicted molar refractivity (Wildman–Crippen MR) is 103 cm³/mol. The smallest absolute Gasteiger partial charge is 0.243 e. The maximum absolute atomic E-state index is 12.7. The summed E-state index contributed by atoms with van der Waals surface area (Å²) in [4.78, 5) is 14.6. The quantitative estimate of drug-likeness (QED) is 0.783. The molecule has 1 unspecified atom stereocenters. The average Bonchev–Trinajstić information content (AvgIpc) is 2.60. The summed E-state index contributed by atoms with van der Waals surface area (Å²) in [7, 11) is -3.46. The van der Waals surface area contributed by atoms with E-state index in [1.54, 1.807) is 12.1 Å². The first-order chi connectivity index (χ1) is 12.2. The molecule has 26 heavy (non-hydrogen) atoms. The zero-order valence-corrected chi connectivity index (χ0v) is 17.1. The van der Waals surface area contributed by atoms with Gasteiger partial charge in [-0.1, -0.05) is 38.5 Å². The highest BCUT2D eigenvalue weighted by atomic mass is 32.2. The van der Waals surface area contributed by atoms with Crippen molar-refractivity contribution in [3.8, 4) is 0 Å². The zero-order valence-electron chi connectivity index (χ0n) is 16.2. The van der Waals surface area contributed by atoms with E-state index < -0.39 is 10.0 Å². The van der Waals surface area contributed by atoms with E-state index in [9.17, 15) is 13.2 Å². The van der Waals surface area contributed by atoms with E-state index in [1.165, 1.54) is 4.31 Å². The van der Waals surface area contributed by atoms with Gasteiger partial charge in [-0.05, 0) is 31.4 Å². The van der Waals surface area contributed by atoms with Crippen molar-refractivity contribution in [2.75, 3.05) is 32.7 Å². The molecule has 1 N–H and O–H groups in total. The van der Waals surface area contributed by atoms with Gasteiger partial charge >= 0.3 is 0 Å². The van der Waals surface area contributed by atoms with Crippen LogP contribution >= 0.6 is 0 Å². The van der Waals surface area contributed by atoms with Crippen molar-refractivity contribution in [2.45, 2.75) is 45.1 Å². The van der Waals surface area contributed by atoms with Gasteiger partial charge in [0.2, 0.25) is 15.9 Å². The summed E-state index contributed by atoms with van der Waals surface area (Å²) < 4.78 is 26.9. The van der Waals surface area contributed by atoms with Crippen molar-refractivity contribution in [2.24, 2.45) is 5.92 Å². The van der Waals surface area contributed by atoms with E-state index in [0.29, 0.717) is 43.5 Å². The first-order valence-corrected chi connectivity index (χ1v) is 10.8. The van der Waals surface area contributed by atoms with E-state index in [0.717, 1.165) is 12.0 Å². The molecule has 7 heteroatoms. The highest BCUT2D eigenvalue weighted by Gasteiger charge is 2.29. The monoisotopic (exact) mass is 381 g/mol. The number of aryl methyl sites for hydroxylation is 1. The topological polar surface area (TPSA) is 69.7 Å². The zero-order chi connectivity index (χ0) is 19.3. The highest BCUT2D eigenvalue weighted by molar-refractivity contribution is 7.89. The van der Waals surface area contributed by atoms with E-state index in [-0.39, 0.29) is 11.9 Å². The van der Waals surface area contributed by atoms with Crippen molar-refractivity contribution in [3.05, 3.63) is 29.8 Å². The Bertz CT molecular complexity index is 693. The number of hydrogen-bond acceptors (Lipinski definition) is 4. The van der Waals surface area contributed by atoms with Crippen LogP contribution in [0.4, 0.5) is 0 Å². The summed E-state index contributed by atoms with van der Waals surface area (Å²) in [6, 6.07) is 7.12. The predicted octanol–water partition coefficient (Wildman–Crippen LogP) is 1.85. The number of carbonyl (C=O) groups excluding carboxylic acids is 1. The van der Waals surface area contributed by atoms with Gasteiger partial charge in [0.05, 0.1) is 11.4 Å². The van der Waals surface area contributed by atoms with E-state index in [2.05, 4.69) is 26.1 Å². The van der Waals surface area contributed by atoms with Crippen LogP contribution in [0.25, 0.3) is 0 Å². The van der Waals surface area contributed by atoms with Gasteiger partial charge in [-0.2, -0.15) is 4.31 Å². The number of sulfonamides is 1. The fraction of sp³-hybridized carbons (Fsp3) is 0.632. The molecule has 0 bridgehead atoms. The van der Waals surface area contributed by atoms with E-state index >= 15 is 0 Å². The molecule has 1 amide bonds. The molecule has 1 fully saturated rings. The molecule has 146 valence electrons. The molecule has 0 saturated carbocycles. The summed E-state index contributed by atoms with van der Waals surface area (Å²) >= 11 is 0. The van der Waals surface area contributed by atoms with Gasteiger partial charge < -0.3 is 5.32 Å². The van der Waals surface area contributed by atoms with Gasteiger partial charge in [-0.15, -0.1) is 0 Å². The molecule has 2 rings (SSSR count). The normalized spacial score (nSPS) is 18.0. The minimum Gasteiger partial charge on any atom is -0.352 e. The number of nitrogens with zero attached hydrogens (tertiary/aromatic N) is 2. The molecule has 6 nitrogen and oxygen atoms in total. The lowest BCUT2D eigenvalue weighted by Gasteiger charge is -2.34. The van der Waals surface area contributed by atoms with Crippen molar-refractivity contribution in [1.82, 2.24) is 14.5 Å². The van der Waals surface area contributed by atoms with Crippen molar-refractivity contribution >= 4 is 15.9 Å². The van der Waals surface area contributed by atoms with Crippen LogP contribution in [0, 0.1) is 12.8 Å². The van der Waals surface area contributed by atoms with Crippen LogP contribution in [0.15, 0.2) is 29.2 Å². The second kappa shape index (κ2) is 8.97. The van der Waals surface area contributed by atoms with Crippen LogP contribution in [0.1, 0.15) is 32.8 Å². The summed E-state index contributed by atoms with van der Waals surface area (Å²) in [6.45, 7) is 10.5. The molecule has 1 atom stereocenters. The van der Waals surface area contributed by atoms with Crippen LogP contribution in [0.3, 0.4) is 0 Å². The summed E-state index contributed by atoms with van der Waals surface area (Å²) in [5, 5.41) is 3.07. The molecular formula is C19H31N3O3S. The molecule has 1 saturated heterocycles. The van der Waals surface area contributed by atoms with Gasteiger partial charge in [0.25, 0.3) is 0 Å². The maximum atomic E-state index is 12.7. The third-order valence-electron chi connectivity index (χ3n) is 4.95. The average molecular weight is 382 g/mol. The molecule has 0 aliphatic carbocycles. The second-order valence-corrected chi connectivity index (χ2v) is 9.26. The summed E-state index contributed by atoms with van der Waals surface area (Å²) in [5.74, 6) is 0.417. The molecule has 1 heterocycles. The number of hydrogen-bond donors (Lipinski definition) is 1. The number of benzene rings is 1. The van der Waals surface area contributed by atoms with Crippen LogP contribution in [0.2, 0.25) is 0 Å². The molecule has 1 aliphatic rings.